The number of benzene rings is 1. The van der Waals surface area contributed by atoms with E-state index in [4.69, 9.17) is 4.74 Å². The summed E-state index contributed by atoms with van der Waals surface area (Å²) in [6.07, 6.45) is 4.95. The average molecular weight is 371 g/mol. The van der Waals surface area contributed by atoms with Gasteiger partial charge in [0.25, 0.3) is 5.91 Å². The van der Waals surface area contributed by atoms with Crippen molar-refractivity contribution in [2.45, 2.75) is 51.1 Å². The molecule has 0 aromatic heterocycles. The van der Waals surface area contributed by atoms with Gasteiger partial charge in [-0.3, -0.25) is 9.59 Å². The van der Waals surface area contributed by atoms with Crippen molar-refractivity contribution in [2.75, 3.05) is 29.9 Å². The first-order valence-corrected chi connectivity index (χ1v) is 9.73. The number of hydrogen-bond donors (Lipinski definition) is 1. The third-order valence-electron chi connectivity index (χ3n) is 5.81. The van der Waals surface area contributed by atoms with Crippen LogP contribution in [0.4, 0.5) is 11.4 Å². The van der Waals surface area contributed by atoms with Crippen LogP contribution in [0.5, 0.6) is 0 Å². The molecule has 0 radical (unpaired) electrons. The van der Waals surface area contributed by atoms with E-state index in [1.54, 1.807) is 17.0 Å². The van der Waals surface area contributed by atoms with Crippen molar-refractivity contribution in [2.24, 2.45) is 0 Å². The van der Waals surface area contributed by atoms with Crippen molar-refractivity contribution in [3.8, 4) is 0 Å². The minimum atomic E-state index is -0.548. The van der Waals surface area contributed by atoms with Crippen LogP contribution >= 0.6 is 0 Å². The Balaban J connectivity index is 1.42. The Kier molecular flexibility index (Phi) is 4.76. The fourth-order valence-electron chi connectivity index (χ4n) is 4.32. The van der Waals surface area contributed by atoms with Crippen molar-refractivity contribution >= 4 is 29.2 Å². The van der Waals surface area contributed by atoms with Crippen LogP contribution < -0.4 is 10.2 Å². The number of piperidine rings is 1. The maximum atomic E-state index is 12.4. The van der Waals surface area contributed by atoms with Gasteiger partial charge in [-0.1, -0.05) is 0 Å². The van der Waals surface area contributed by atoms with Gasteiger partial charge in [0.05, 0.1) is 16.9 Å². The van der Waals surface area contributed by atoms with Crippen LogP contribution in [0.3, 0.4) is 0 Å². The van der Waals surface area contributed by atoms with E-state index >= 15 is 0 Å². The maximum absolute atomic E-state index is 12.4. The van der Waals surface area contributed by atoms with E-state index in [1.807, 2.05) is 13.0 Å². The number of fused-ring (bicyclic) bond motifs is 3. The van der Waals surface area contributed by atoms with Gasteiger partial charge in [0.1, 0.15) is 6.04 Å². The van der Waals surface area contributed by atoms with E-state index < -0.39 is 5.97 Å². The van der Waals surface area contributed by atoms with Crippen molar-refractivity contribution in [1.29, 1.82) is 0 Å². The van der Waals surface area contributed by atoms with Gasteiger partial charge in [-0.15, -0.1) is 0 Å². The summed E-state index contributed by atoms with van der Waals surface area (Å²) < 4.78 is 5.24. The summed E-state index contributed by atoms with van der Waals surface area (Å²) in [6, 6.07) is 5.26. The largest absolute Gasteiger partial charge is 0.452 e. The number of esters is 1. The molecule has 1 aromatic carbocycles. The van der Waals surface area contributed by atoms with Gasteiger partial charge in [0.2, 0.25) is 5.91 Å². The van der Waals surface area contributed by atoms with Crippen LogP contribution in [0.25, 0.3) is 0 Å². The molecular formula is C20H25N3O4. The lowest BCUT2D eigenvalue weighted by Crippen LogP contribution is -2.44. The number of hydrogen-bond acceptors (Lipinski definition) is 5. The molecule has 3 aliphatic heterocycles. The second-order valence-electron chi connectivity index (χ2n) is 7.58. The third-order valence-corrected chi connectivity index (χ3v) is 5.81. The number of carbonyl (C=O) groups is 3. The fourth-order valence-corrected chi connectivity index (χ4v) is 4.32. The summed E-state index contributed by atoms with van der Waals surface area (Å²) >= 11 is 0. The van der Waals surface area contributed by atoms with E-state index in [1.165, 1.54) is 0 Å². The SMILES string of the molecule is C[C@H]1CCCCN1C(=O)COC(=O)c1ccc2c(c1)NC(=O)[C@H]1CCCN21. The van der Waals surface area contributed by atoms with E-state index in [9.17, 15) is 14.4 Å². The Labute approximate surface area is 158 Å². The predicted molar refractivity (Wildman–Crippen MR) is 101 cm³/mol. The molecule has 3 aliphatic rings. The lowest BCUT2D eigenvalue weighted by atomic mass is 10.0. The highest BCUT2D eigenvalue weighted by molar-refractivity contribution is 6.05. The first kappa shape index (κ1) is 17.8. The molecule has 0 bridgehead atoms. The molecule has 0 spiro atoms. The number of amides is 2. The zero-order valence-electron chi connectivity index (χ0n) is 15.6. The minimum absolute atomic E-state index is 0.0280. The molecule has 2 atom stereocenters. The molecule has 27 heavy (non-hydrogen) atoms. The summed E-state index contributed by atoms with van der Waals surface area (Å²) in [4.78, 5) is 40.8. The molecule has 0 saturated carbocycles. The van der Waals surface area contributed by atoms with Gasteiger partial charge in [0.15, 0.2) is 6.61 Å². The number of ether oxygens (including phenoxy) is 1. The molecule has 1 aromatic rings. The van der Waals surface area contributed by atoms with Crippen molar-refractivity contribution < 1.29 is 19.1 Å². The molecule has 144 valence electrons. The van der Waals surface area contributed by atoms with Crippen LogP contribution in [0, 0.1) is 0 Å². The van der Waals surface area contributed by atoms with Gasteiger partial charge in [-0.25, -0.2) is 4.79 Å². The van der Waals surface area contributed by atoms with E-state index in [2.05, 4.69) is 10.2 Å². The molecule has 7 heteroatoms. The molecule has 7 nitrogen and oxygen atoms in total. The number of nitrogens with one attached hydrogen (secondary N) is 1. The van der Waals surface area contributed by atoms with Gasteiger partial charge in [-0.2, -0.15) is 0 Å². The lowest BCUT2D eigenvalue weighted by Gasteiger charge is -2.33. The monoisotopic (exact) mass is 371 g/mol. The summed E-state index contributed by atoms with van der Waals surface area (Å²) in [7, 11) is 0. The Morgan fingerprint density at radius 2 is 2.04 bits per heavy atom. The van der Waals surface area contributed by atoms with Crippen LogP contribution in [0.1, 0.15) is 49.4 Å². The summed E-state index contributed by atoms with van der Waals surface area (Å²) in [5.74, 6) is -0.727. The Morgan fingerprint density at radius 1 is 1.19 bits per heavy atom. The third kappa shape index (κ3) is 3.38. The first-order chi connectivity index (χ1) is 13.0. The molecular weight excluding hydrogens is 346 g/mol. The second kappa shape index (κ2) is 7.21. The van der Waals surface area contributed by atoms with Crippen molar-refractivity contribution in [1.82, 2.24) is 4.90 Å². The van der Waals surface area contributed by atoms with E-state index in [0.717, 1.165) is 50.9 Å². The average Bonchev–Trinajstić information content (AvgIpc) is 3.16. The van der Waals surface area contributed by atoms with Crippen molar-refractivity contribution in [3.05, 3.63) is 23.8 Å². The fraction of sp³-hybridized carbons (Fsp3) is 0.550. The van der Waals surface area contributed by atoms with Crippen LogP contribution in [0.2, 0.25) is 0 Å². The molecule has 2 fully saturated rings. The Morgan fingerprint density at radius 3 is 2.85 bits per heavy atom. The van der Waals surface area contributed by atoms with Gasteiger partial charge < -0.3 is 19.9 Å². The Bertz CT molecular complexity index is 778. The normalized spacial score (nSPS) is 24.1. The quantitative estimate of drug-likeness (QED) is 0.824. The highest BCUT2D eigenvalue weighted by atomic mass is 16.5. The number of rotatable bonds is 3. The molecule has 0 unspecified atom stereocenters. The standard InChI is InChI=1S/C20H25N3O4/c1-13-5-2-3-9-22(13)18(24)12-27-20(26)14-7-8-16-15(11-14)21-19(25)17-6-4-10-23(16)17/h7-8,11,13,17H,2-6,9-10,12H2,1H3,(H,21,25)/t13-,17+/m0/s1. The molecule has 3 heterocycles. The van der Waals surface area contributed by atoms with Gasteiger partial charge >= 0.3 is 5.97 Å². The summed E-state index contributed by atoms with van der Waals surface area (Å²) in [5, 5.41) is 2.89. The highest BCUT2D eigenvalue weighted by Gasteiger charge is 2.36. The van der Waals surface area contributed by atoms with E-state index in [-0.39, 0.29) is 30.5 Å². The summed E-state index contributed by atoms with van der Waals surface area (Å²) in [6.45, 7) is 3.34. The highest BCUT2D eigenvalue weighted by Crippen LogP contribution is 2.37. The van der Waals surface area contributed by atoms with E-state index in [0.29, 0.717) is 11.3 Å². The van der Waals surface area contributed by atoms with Crippen LogP contribution in [0.15, 0.2) is 18.2 Å². The smallest absolute Gasteiger partial charge is 0.338 e. The number of nitrogens with zero attached hydrogens (tertiary/aromatic N) is 2. The predicted octanol–water partition coefficient (Wildman–Crippen LogP) is 2.17. The molecule has 2 saturated heterocycles. The zero-order valence-corrected chi connectivity index (χ0v) is 15.6. The second-order valence-corrected chi connectivity index (χ2v) is 7.58. The minimum Gasteiger partial charge on any atom is -0.452 e. The molecule has 1 N–H and O–H groups in total. The topological polar surface area (TPSA) is 79.0 Å². The summed E-state index contributed by atoms with van der Waals surface area (Å²) in [5.41, 5.74) is 1.90. The zero-order chi connectivity index (χ0) is 19.0. The Hall–Kier alpha value is -2.57. The maximum Gasteiger partial charge on any atom is 0.338 e. The molecule has 0 aliphatic carbocycles. The van der Waals surface area contributed by atoms with Crippen LogP contribution in [-0.2, 0) is 14.3 Å². The number of carbonyl (C=O) groups excluding carboxylic acids is 3. The number of anilines is 2. The van der Waals surface area contributed by atoms with Crippen LogP contribution in [-0.4, -0.2) is 54.5 Å². The van der Waals surface area contributed by atoms with Crippen molar-refractivity contribution in [3.63, 3.8) is 0 Å². The number of likely N-dealkylation sites (tertiary alicyclic amines) is 1. The molecule has 2 amide bonds. The van der Waals surface area contributed by atoms with Gasteiger partial charge in [0, 0.05) is 19.1 Å². The molecule has 4 rings (SSSR count). The van der Waals surface area contributed by atoms with Gasteiger partial charge in [-0.05, 0) is 57.2 Å². The lowest BCUT2D eigenvalue weighted by molar-refractivity contribution is -0.137. The first-order valence-electron chi connectivity index (χ1n) is 9.73.